The van der Waals surface area contributed by atoms with Crippen molar-refractivity contribution in [3.63, 3.8) is 0 Å². The van der Waals surface area contributed by atoms with Crippen LogP contribution in [-0.4, -0.2) is 48.9 Å². The number of pyridine rings is 1. The van der Waals surface area contributed by atoms with Crippen LogP contribution in [0.4, 0.5) is 5.95 Å². The minimum atomic E-state index is 0.129. The fourth-order valence-electron chi connectivity index (χ4n) is 3.02. The van der Waals surface area contributed by atoms with Gasteiger partial charge in [0.05, 0.1) is 24.0 Å². The van der Waals surface area contributed by atoms with E-state index in [0.717, 1.165) is 33.8 Å². The predicted molar refractivity (Wildman–Crippen MR) is 100 cm³/mol. The number of ether oxygens (including phenoxy) is 1. The van der Waals surface area contributed by atoms with Crippen molar-refractivity contribution in [3.8, 4) is 11.3 Å². The summed E-state index contributed by atoms with van der Waals surface area (Å²) in [5, 5.41) is 7.74. The zero-order valence-electron chi connectivity index (χ0n) is 15.3. The first-order chi connectivity index (χ1) is 12.6. The summed E-state index contributed by atoms with van der Waals surface area (Å²) >= 11 is 0. The van der Waals surface area contributed by atoms with Crippen LogP contribution in [0.1, 0.15) is 12.7 Å². The summed E-state index contributed by atoms with van der Waals surface area (Å²) in [6.07, 6.45) is 3.73. The van der Waals surface area contributed by atoms with Crippen LogP contribution < -0.4 is 5.32 Å². The maximum absolute atomic E-state index is 5.13. The van der Waals surface area contributed by atoms with Gasteiger partial charge >= 0.3 is 0 Å². The number of aryl methyl sites for hydroxylation is 2. The molecule has 0 bridgehead atoms. The Morgan fingerprint density at radius 3 is 2.88 bits per heavy atom. The van der Waals surface area contributed by atoms with Crippen LogP contribution in [0.3, 0.4) is 0 Å². The van der Waals surface area contributed by atoms with E-state index in [-0.39, 0.29) is 6.04 Å². The summed E-state index contributed by atoms with van der Waals surface area (Å²) < 4.78 is 8.93. The Hall–Kier alpha value is -3.00. The highest BCUT2D eigenvalue weighted by Crippen LogP contribution is 2.25. The van der Waals surface area contributed by atoms with Gasteiger partial charge in [-0.3, -0.25) is 0 Å². The van der Waals surface area contributed by atoms with E-state index in [2.05, 4.69) is 20.4 Å². The van der Waals surface area contributed by atoms with Gasteiger partial charge in [-0.05, 0) is 32.0 Å². The molecule has 0 unspecified atom stereocenters. The molecule has 0 saturated heterocycles. The SMILES string of the molecule is COC[C@@H](C)Nc1ncc2c(-c3ccc4nc(C)n(C)c4n3)ccn2n1. The topological polar surface area (TPSA) is 82.2 Å². The lowest BCUT2D eigenvalue weighted by Gasteiger charge is -2.12. The summed E-state index contributed by atoms with van der Waals surface area (Å²) in [6, 6.07) is 6.11. The van der Waals surface area contributed by atoms with E-state index in [4.69, 9.17) is 9.72 Å². The monoisotopic (exact) mass is 351 g/mol. The third kappa shape index (κ3) is 2.78. The minimum absolute atomic E-state index is 0.129. The molecule has 0 aromatic carbocycles. The van der Waals surface area contributed by atoms with Gasteiger partial charge in [-0.15, -0.1) is 5.10 Å². The molecule has 26 heavy (non-hydrogen) atoms. The predicted octanol–water partition coefficient (Wildman–Crippen LogP) is 2.43. The molecular formula is C18H21N7O. The maximum atomic E-state index is 5.13. The van der Waals surface area contributed by atoms with Gasteiger partial charge in [0, 0.05) is 32.0 Å². The Morgan fingerprint density at radius 2 is 2.08 bits per heavy atom. The van der Waals surface area contributed by atoms with Gasteiger partial charge in [-0.25, -0.2) is 19.5 Å². The minimum Gasteiger partial charge on any atom is -0.383 e. The Bertz CT molecular complexity index is 1080. The van der Waals surface area contributed by atoms with Crippen molar-refractivity contribution >= 4 is 22.6 Å². The molecule has 4 aromatic heterocycles. The summed E-state index contributed by atoms with van der Waals surface area (Å²) in [5.74, 6) is 1.51. The van der Waals surface area contributed by atoms with Crippen molar-refractivity contribution < 1.29 is 4.74 Å². The molecule has 8 nitrogen and oxygen atoms in total. The number of hydrogen-bond donors (Lipinski definition) is 1. The lowest BCUT2D eigenvalue weighted by molar-refractivity contribution is 0.190. The number of nitrogens with zero attached hydrogens (tertiary/aromatic N) is 6. The lowest BCUT2D eigenvalue weighted by Crippen LogP contribution is -2.22. The number of rotatable bonds is 5. The van der Waals surface area contributed by atoms with Gasteiger partial charge in [0.25, 0.3) is 0 Å². The first-order valence-corrected chi connectivity index (χ1v) is 8.47. The van der Waals surface area contributed by atoms with Crippen LogP contribution in [-0.2, 0) is 11.8 Å². The summed E-state index contributed by atoms with van der Waals surface area (Å²) in [7, 11) is 3.65. The molecule has 0 aliphatic heterocycles. The third-order valence-electron chi connectivity index (χ3n) is 4.42. The van der Waals surface area contributed by atoms with Gasteiger partial charge in [0.15, 0.2) is 5.65 Å². The molecule has 4 rings (SSSR count). The molecule has 4 aromatic rings. The molecule has 0 aliphatic carbocycles. The standard InChI is InChI=1S/C18H21N7O/c1-11(10-26-4)20-18-19-9-16-13(7-8-25(16)23-18)14-5-6-15-17(22-14)24(3)12(2)21-15/h5-9,11H,10H2,1-4H3,(H,20,23)/t11-/m1/s1. The molecule has 8 heteroatoms. The zero-order valence-corrected chi connectivity index (χ0v) is 15.3. The fourth-order valence-corrected chi connectivity index (χ4v) is 3.02. The highest BCUT2D eigenvalue weighted by atomic mass is 16.5. The first kappa shape index (κ1) is 16.5. The van der Waals surface area contributed by atoms with Gasteiger partial charge in [-0.2, -0.15) is 0 Å². The Kier molecular flexibility index (Phi) is 4.04. The quantitative estimate of drug-likeness (QED) is 0.595. The molecule has 1 N–H and O–H groups in total. The number of anilines is 1. The van der Waals surface area contributed by atoms with Crippen molar-refractivity contribution in [1.82, 2.24) is 29.1 Å². The lowest BCUT2D eigenvalue weighted by atomic mass is 10.2. The van der Waals surface area contributed by atoms with Crippen LogP contribution in [0, 0.1) is 6.92 Å². The Labute approximate surface area is 150 Å². The highest BCUT2D eigenvalue weighted by Gasteiger charge is 2.13. The van der Waals surface area contributed by atoms with E-state index in [0.29, 0.717) is 12.6 Å². The van der Waals surface area contributed by atoms with Crippen molar-refractivity contribution in [2.75, 3.05) is 19.0 Å². The molecule has 0 radical (unpaired) electrons. The fraction of sp³-hybridized carbons (Fsp3) is 0.333. The Balaban J connectivity index is 1.72. The number of nitrogens with one attached hydrogen (secondary N) is 1. The maximum Gasteiger partial charge on any atom is 0.241 e. The van der Waals surface area contributed by atoms with Crippen molar-refractivity contribution in [1.29, 1.82) is 0 Å². The zero-order chi connectivity index (χ0) is 18.3. The molecule has 0 amide bonds. The Morgan fingerprint density at radius 1 is 1.23 bits per heavy atom. The molecular weight excluding hydrogens is 330 g/mol. The summed E-state index contributed by atoms with van der Waals surface area (Å²) in [4.78, 5) is 13.7. The molecule has 0 aliphatic rings. The van der Waals surface area contributed by atoms with Gasteiger partial charge < -0.3 is 14.6 Å². The van der Waals surface area contributed by atoms with E-state index in [1.54, 1.807) is 7.11 Å². The van der Waals surface area contributed by atoms with Crippen LogP contribution >= 0.6 is 0 Å². The summed E-state index contributed by atoms with van der Waals surface area (Å²) in [6.45, 7) is 4.58. The van der Waals surface area contributed by atoms with Crippen LogP contribution in [0.2, 0.25) is 0 Å². The average Bonchev–Trinajstić information content (AvgIpc) is 3.16. The second-order valence-electron chi connectivity index (χ2n) is 6.40. The first-order valence-electron chi connectivity index (χ1n) is 8.47. The van der Waals surface area contributed by atoms with Crippen LogP contribution in [0.15, 0.2) is 30.6 Å². The smallest absolute Gasteiger partial charge is 0.241 e. The third-order valence-corrected chi connectivity index (χ3v) is 4.42. The molecule has 4 heterocycles. The van der Waals surface area contributed by atoms with Gasteiger partial charge in [0.1, 0.15) is 11.3 Å². The number of methoxy groups -OCH3 is 1. The van der Waals surface area contributed by atoms with E-state index < -0.39 is 0 Å². The number of imidazole rings is 1. The second kappa shape index (κ2) is 6.38. The highest BCUT2D eigenvalue weighted by molar-refractivity contribution is 5.82. The molecule has 134 valence electrons. The largest absolute Gasteiger partial charge is 0.383 e. The van der Waals surface area contributed by atoms with Gasteiger partial charge in [0.2, 0.25) is 5.95 Å². The second-order valence-corrected chi connectivity index (χ2v) is 6.40. The van der Waals surface area contributed by atoms with E-state index in [9.17, 15) is 0 Å². The van der Waals surface area contributed by atoms with E-state index in [1.165, 1.54) is 0 Å². The number of hydrogen-bond acceptors (Lipinski definition) is 6. The van der Waals surface area contributed by atoms with Crippen LogP contribution in [0.25, 0.3) is 27.9 Å². The number of fused-ring (bicyclic) bond motifs is 2. The summed E-state index contributed by atoms with van der Waals surface area (Å²) in [5.41, 5.74) is 4.53. The van der Waals surface area contributed by atoms with Crippen molar-refractivity contribution in [2.24, 2.45) is 7.05 Å². The molecule has 0 spiro atoms. The van der Waals surface area contributed by atoms with Crippen LogP contribution in [0.5, 0.6) is 0 Å². The normalized spacial score (nSPS) is 12.8. The van der Waals surface area contributed by atoms with E-state index in [1.807, 2.05) is 60.6 Å². The van der Waals surface area contributed by atoms with Gasteiger partial charge in [-0.1, -0.05) is 0 Å². The number of aromatic nitrogens is 6. The van der Waals surface area contributed by atoms with Crippen molar-refractivity contribution in [3.05, 3.63) is 36.4 Å². The molecule has 0 fully saturated rings. The molecule has 1 atom stereocenters. The van der Waals surface area contributed by atoms with E-state index >= 15 is 0 Å². The van der Waals surface area contributed by atoms with Crippen molar-refractivity contribution in [2.45, 2.75) is 19.9 Å². The molecule has 0 saturated carbocycles. The average molecular weight is 351 g/mol.